The molecule has 0 saturated carbocycles. The Kier molecular flexibility index (Phi) is 3.28. The van der Waals surface area contributed by atoms with Crippen molar-refractivity contribution >= 4 is 12.0 Å². The summed E-state index contributed by atoms with van der Waals surface area (Å²) in [5.41, 5.74) is 4.84. The van der Waals surface area contributed by atoms with Crippen molar-refractivity contribution in [2.75, 3.05) is 7.11 Å². The zero-order chi connectivity index (χ0) is 11.4. The number of hydrogen-bond acceptors (Lipinski definition) is 3. The predicted molar refractivity (Wildman–Crippen MR) is 52.8 cm³/mol. The first-order valence-electron chi connectivity index (χ1n) is 4.08. The maximum Gasteiger partial charge on any atom is 0.351 e. The van der Waals surface area contributed by atoms with Crippen LogP contribution in [0.2, 0.25) is 0 Å². The van der Waals surface area contributed by atoms with E-state index in [9.17, 15) is 9.18 Å². The number of carbonyl (C=O) groups is 1. The molecule has 0 spiro atoms. The van der Waals surface area contributed by atoms with E-state index >= 15 is 0 Å². The topological polar surface area (TPSA) is 72.5 Å². The van der Waals surface area contributed by atoms with E-state index in [1.165, 1.54) is 19.2 Å². The van der Waals surface area contributed by atoms with Crippen molar-refractivity contribution in [1.82, 2.24) is 0 Å². The van der Waals surface area contributed by atoms with E-state index in [0.717, 1.165) is 12.1 Å². The molecule has 5 heteroatoms. The van der Waals surface area contributed by atoms with Gasteiger partial charge < -0.3 is 15.6 Å². The van der Waals surface area contributed by atoms with Crippen LogP contribution in [0.5, 0.6) is 5.75 Å². The Labute approximate surface area is 85.8 Å². The summed E-state index contributed by atoms with van der Waals surface area (Å²) in [6, 6.07) is 4.06. The van der Waals surface area contributed by atoms with Gasteiger partial charge in [0, 0.05) is 11.6 Å². The van der Waals surface area contributed by atoms with Crippen molar-refractivity contribution in [3.05, 3.63) is 35.3 Å². The molecule has 1 aromatic rings. The van der Waals surface area contributed by atoms with Crippen LogP contribution in [0.4, 0.5) is 4.39 Å². The molecule has 1 rings (SSSR count). The molecule has 0 fully saturated rings. The van der Waals surface area contributed by atoms with E-state index in [-0.39, 0.29) is 5.56 Å². The largest absolute Gasteiger partial charge is 0.497 e. The molecule has 0 aliphatic carbocycles. The number of rotatable bonds is 3. The Morgan fingerprint density at radius 1 is 1.60 bits per heavy atom. The summed E-state index contributed by atoms with van der Waals surface area (Å²) in [6.07, 6.45) is 1.05. The summed E-state index contributed by atoms with van der Waals surface area (Å²) in [6.45, 7) is 0. The van der Waals surface area contributed by atoms with Crippen molar-refractivity contribution < 1.29 is 19.0 Å². The third-order valence-electron chi connectivity index (χ3n) is 1.77. The Morgan fingerprint density at radius 3 is 2.73 bits per heavy atom. The standard InChI is InChI=1S/C10H10FNO3/c1-15-7-3-2-6(8(11)5-7)4-9(12)10(13)14/h2-5H,12H2,1H3,(H,13,14)/b9-4+. The summed E-state index contributed by atoms with van der Waals surface area (Å²) in [7, 11) is 1.41. The minimum atomic E-state index is -1.29. The van der Waals surface area contributed by atoms with E-state index in [4.69, 9.17) is 15.6 Å². The van der Waals surface area contributed by atoms with Gasteiger partial charge in [-0.05, 0) is 18.2 Å². The number of methoxy groups -OCH3 is 1. The van der Waals surface area contributed by atoms with E-state index in [1.807, 2.05) is 0 Å². The lowest BCUT2D eigenvalue weighted by molar-refractivity contribution is -0.132. The highest BCUT2D eigenvalue weighted by Gasteiger charge is 2.05. The Morgan fingerprint density at radius 2 is 2.27 bits per heavy atom. The van der Waals surface area contributed by atoms with E-state index in [2.05, 4.69) is 0 Å². The monoisotopic (exact) mass is 211 g/mol. The Balaban J connectivity index is 3.07. The van der Waals surface area contributed by atoms with Crippen molar-refractivity contribution in [2.24, 2.45) is 5.73 Å². The first-order chi connectivity index (χ1) is 7.04. The minimum absolute atomic E-state index is 0.107. The molecular weight excluding hydrogens is 201 g/mol. The molecular formula is C10H10FNO3. The molecule has 0 saturated heterocycles. The second-order valence-electron chi connectivity index (χ2n) is 2.79. The highest BCUT2D eigenvalue weighted by atomic mass is 19.1. The molecule has 15 heavy (non-hydrogen) atoms. The average molecular weight is 211 g/mol. The summed E-state index contributed by atoms with van der Waals surface area (Å²) in [5.74, 6) is -1.51. The number of benzene rings is 1. The van der Waals surface area contributed by atoms with Crippen LogP contribution in [0.1, 0.15) is 5.56 Å². The number of carboxylic acid groups (broad SMARTS) is 1. The second kappa shape index (κ2) is 4.45. The second-order valence-corrected chi connectivity index (χ2v) is 2.79. The van der Waals surface area contributed by atoms with Gasteiger partial charge in [0.05, 0.1) is 7.11 Å². The Bertz CT molecular complexity index is 415. The van der Waals surface area contributed by atoms with Crippen LogP contribution in [-0.2, 0) is 4.79 Å². The summed E-state index contributed by atoms with van der Waals surface area (Å²) < 4.78 is 18.1. The number of hydrogen-bond donors (Lipinski definition) is 2. The molecule has 0 aliphatic heterocycles. The maximum atomic E-state index is 13.3. The van der Waals surface area contributed by atoms with Crippen molar-refractivity contribution in [3.8, 4) is 5.75 Å². The summed E-state index contributed by atoms with van der Waals surface area (Å²) in [4.78, 5) is 10.4. The molecule has 1 aromatic carbocycles. The molecule has 3 N–H and O–H groups in total. The van der Waals surface area contributed by atoms with E-state index < -0.39 is 17.5 Å². The van der Waals surface area contributed by atoms with Gasteiger partial charge in [-0.1, -0.05) is 0 Å². The van der Waals surface area contributed by atoms with Crippen LogP contribution in [-0.4, -0.2) is 18.2 Å². The normalized spacial score (nSPS) is 11.2. The number of nitrogens with two attached hydrogens (primary N) is 1. The average Bonchev–Trinajstić information content (AvgIpc) is 2.20. The molecule has 0 unspecified atom stereocenters. The first kappa shape index (κ1) is 11.0. The third kappa shape index (κ3) is 2.70. The number of ether oxygens (including phenoxy) is 1. The number of halogens is 1. The smallest absolute Gasteiger partial charge is 0.351 e. The van der Waals surface area contributed by atoms with Crippen LogP contribution in [0.25, 0.3) is 6.08 Å². The van der Waals surface area contributed by atoms with Crippen LogP contribution in [0.15, 0.2) is 23.9 Å². The predicted octanol–water partition coefficient (Wildman–Crippen LogP) is 1.22. The fourth-order valence-corrected chi connectivity index (χ4v) is 0.981. The lowest BCUT2D eigenvalue weighted by atomic mass is 10.1. The van der Waals surface area contributed by atoms with Gasteiger partial charge in [-0.3, -0.25) is 0 Å². The Hall–Kier alpha value is -2.04. The van der Waals surface area contributed by atoms with E-state index in [0.29, 0.717) is 5.75 Å². The SMILES string of the molecule is COc1ccc(/C=C(/N)C(=O)O)c(F)c1. The van der Waals surface area contributed by atoms with Gasteiger partial charge in [0.15, 0.2) is 0 Å². The fourth-order valence-electron chi connectivity index (χ4n) is 0.981. The lowest BCUT2D eigenvalue weighted by Crippen LogP contribution is -2.09. The van der Waals surface area contributed by atoms with Crippen molar-refractivity contribution in [1.29, 1.82) is 0 Å². The van der Waals surface area contributed by atoms with Crippen LogP contribution in [0.3, 0.4) is 0 Å². The molecule has 0 amide bonds. The molecule has 4 nitrogen and oxygen atoms in total. The zero-order valence-electron chi connectivity index (χ0n) is 8.03. The molecule has 0 radical (unpaired) electrons. The third-order valence-corrected chi connectivity index (χ3v) is 1.77. The maximum absolute atomic E-state index is 13.3. The van der Waals surface area contributed by atoms with Crippen LogP contribution in [0, 0.1) is 5.82 Å². The quantitative estimate of drug-likeness (QED) is 0.737. The van der Waals surface area contributed by atoms with Crippen LogP contribution < -0.4 is 10.5 Å². The van der Waals surface area contributed by atoms with Gasteiger partial charge in [-0.15, -0.1) is 0 Å². The highest BCUT2D eigenvalue weighted by molar-refractivity contribution is 5.91. The molecule has 0 aromatic heterocycles. The van der Waals surface area contributed by atoms with Crippen molar-refractivity contribution in [2.45, 2.75) is 0 Å². The molecule has 0 aliphatic rings. The lowest BCUT2D eigenvalue weighted by Gasteiger charge is -2.02. The first-order valence-corrected chi connectivity index (χ1v) is 4.08. The van der Waals surface area contributed by atoms with Gasteiger partial charge in [0.1, 0.15) is 17.3 Å². The molecule has 0 bridgehead atoms. The number of aliphatic carboxylic acids is 1. The molecule has 0 heterocycles. The molecule has 80 valence electrons. The zero-order valence-corrected chi connectivity index (χ0v) is 8.03. The van der Waals surface area contributed by atoms with Gasteiger partial charge in [-0.25, -0.2) is 9.18 Å². The summed E-state index contributed by atoms with van der Waals surface area (Å²) in [5, 5.41) is 8.49. The minimum Gasteiger partial charge on any atom is -0.497 e. The molecule has 0 atom stereocenters. The van der Waals surface area contributed by atoms with Crippen molar-refractivity contribution in [3.63, 3.8) is 0 Å². The van der Waals surface area contributed by atoms with Gasteiger partial charge in [-0.2, -0.15) is 0 Å². The fraction of sp³-hybridized carbons (Fsp3) is 0.100. The van der Waals surface area contributed by atoms with Gasteiger partial charge >= 0.3 is 5.97 Å². The summed E-state index contributed by atoms with van der Waals surface area (Å²) >= 11 is 0. The van der Waals surface area contributed by atoms with Gasteiger partial charge in [0.25, 0.3) is 0 Å². The van der Waals surface area contributed by atoms with Crippen LogP contribution >= 0.6 is 0 Å². The highest BCUT2D eigenvalue weighted by Crippen LogP contribution is 2.17. The number of carboxylic acids is 1. The van der Waals surface area contributed by atoms with E-state index in [1.54, 1.807) is 0 Å². The van der Waals surface area contributed by atoms with Gasteiger partial charge in [0.2, 0.25) is 0 Å².